The molecule has 0 aliphatic carbocycles. The SMILES string of the molecule is CCc1nn(C)c(Cn2ccc(C(F)(F)F)n2)c1Cl. The van der Waals surface area contributed by atoms with E-state index in [1.165, 1.54) is 10.9 Å². The molecule has 0 bridgehead atoms. The zero-order chi connectivity index (χ0) is 14.2. The molecule has 8 heteroatoms. The predicted molar refractivity (Wildman–Crippen MR) is 63.9 cm³/mol. The summed E-state index contributed by atoms with van der Waals surface area (Å²) in [6.45, 7) is 2.06. The molecule has 0 amide bonds. The van der Waals surface area contributed by atoms with Gasteiger partial charge in [-0.2, -0.15) is 23.4 Å². The van der Waals surface area contributed by atoms with Gasteiger partial charge in [0.25, 0.3) is 0 Å². The van der Waals surface area contributed by atoms with E-state index in [0.29, 0.717) is 17.1 Å². The fourth-order valence-electron chi connectivity index (χ4n) is 1.75. The highest BCUT2D eigenvalue weighted by atomic mass is 35.5. The van der Waals surface area contributed by atoms with Gasteiger partial charge >= 0.3 is 6.18 Å². The third-order valence-corrected chi connectivity index (χ3v) is 3.18. The van der Waals surface area contributed by atoms with Crippen LogP contribution in [0.25, 0.3) is 0 Å². The van der Waals surface area contributed by atoms with Crippen molar-refractivity contribution in [2.24, 2.45) is 7.05 Å². The number of aromatic nitrogens is 4. The molecule has 0 fully saturated rings. The average Bonchev–Trinajstić information content (AvgIpc) is 2.88. The van der Waals surface area contributed by atoms with Crippen molar-refractivity contribution in [3.05, 3.63) is 34.4 Å². The van der Waals surface area contributed by atoms with Crippen LogP contribution in [-0.2, 0) is 26.2 Å². The summed E-state index contributed by atoms with van der Waals surface area (Å²) in [6, 6.07) is 0.936. The molecule has 0 spiro atoms. The quantitative estimate of drug-likeness (QED) is 0.872. The minimum atomic E-state index is -4.43. The summed E-state index contributed by atoms with van der Waals surface area (Å²) in [4.78, 5) is 0. The minimum absolute atomic E-state index is 0.151. The number of rotatable bonds is 3. The van der Waals surface area contributed by atoms with Gasteiger partial charge in [-0.3, -0.25) is 9.36 Å². The summed E-state index contributed by atoms with van der Waals surface area (Å²) in [5.41, 5.74) is 0.444. The van der Waals surface area contributed by atoms with Crippen LogP contribution >= 0.6 is 11.6 Å². The molecule has 0 saturated heterocycles. The predicted octanol–water partition coefficient (Wildman–Crippen LogP) is 2.90. The molecule has 19 heavy (non-hydrogen) atoms. The van der Waals surface area contributed by atoms with Crippen LogP contribution in [0.4, 0.5) is 13.2 Å². The Labute approximate surface area is 112 Å². The number of hydrogen-bond acceptors (Lipinski definition) is 2. The summed E-state index contributed by atoms with van der Waals surface area (Å²) in [5, 5.41) is 8.17. The highest BCUT2D eigenvalue weighted by Gasteiger charge is 2.33. The van der Waals surface area contributed by atoms with Crippen molar-refractivity contribution in [1.29, 1.82) is 0 Å². The monoisotopic (exact) mass is 292 g/mol. The highest BCUT2D eigenvalue weighted by molar-refractivity contribution is 6.31. The summed E-state index contributed by atoms with van der Waals surface area (Å²) in [7, 11) is 1.70. The van der Waals surface area contributed by atoms with E-state index < -0.39 is 11.9 Å². The van der Waals surface area contributed by atoms with Crippen molar-refractivity contribution in [2.75, 3.05) is 0 Å². The number of hydrogen-bond donors (Lipinski definition) is 0. The van der Waals surface area contributed by atoms with Gasteiger partial charge in [-0.15, -0.1) is 0 Å². The zero-order valence-corrected chi connectivity index (χ0v) is 11.1. The smallest absolute Gasteiger partial charge is 0.269 e. The molecule has 2 aromatic heterocycles. The molecule has 2 aromatic rings. The van der Waals surface area contributed by atoms with Gasteiger partial charge in [0.15, 0.2) is 5.69 Å². The maximum absolute atomic E-state index is 12.4. The lowest BCUT2D eigenvalue weighted by Gasteiger charge is -2.04. The van der Waals surface area contributed by atoms with E-state index in [1.54, 1.807) is 11.7 Å². The maximum atomic E-state index is 12.4. The maximum Gasteiger partial charge on any atom is 0.435 e. The molecule has 0 unspecified atom stereocenters. The van der Waals surface area contributed by atoms with Crippen LogP contribution in [0.2, 0.25) is 5.02 Å². The molecule has 0 atom stereocenters. The van der Waals surface area contributed by atoms with Crippen molar-refractivity contribution in [2.45, 2.75) is 26.1 Å². The summed E-state index contributed by atoms with van der Waals surface area (Å²) in [5.74, 6) is 0. The first kappa shape index (κ1) is 13.9. The molecular weight excluding hydrogens is 281 g/mol. The molecule has 0 saturated carbocycles. The van der Waals surface area contributed by atoms with E-state index in [0.717, 1.165) is 11.8 Å². The number of halogens is 4. The highest BCUT2D eigenvalue weighted by Crippen LogP contribution is 2.28. The molecule has 2 heterocycles. The van der Waals surface area contributed by atoms with Crippen LogP contribution in [0.5, 0.6) is 0 Å². The van der Waals surface area contributed by atoms with E-state index in [4.69, 9.17) is 11.6 Å². The lowest BCUT2D eigenvalue weighted by Crippen LogP contribution is -2.10. The largest absolute Gasteiger partial charge is 0.435 e. The van der Waals surface area contributed by atoms with Gasteiger partial charge in [0.2, 0.25) is 0 Å². The topological polar surface area (TPSA) is 35.6 Å². The Balaban J connectivity index is 2.27. The Kier molecular flexibility index (Phi) is 3.58. The third kappa shape index (κ3) is 2.75. The second-order valence-corrected chi connectivity index (χ2v) is 4.46. The van der Waals surface area contributed by atoms with Crippen molar-refractivity contribution in [3.8, 4) is 0 Å². The van der Waals surface area contributed by atoms with Gasteiger partial charge < -0.3 is 0 Å². The van der Waals surface area contributed by atoms with Gasteiger partial charge in [0.1, 0.15) is 0 Å². The van der Waals surface area contributed by atoms with Gasteiger partial charge in [0, 0.05) is 13.2 Å². The number of nitrogens with zero attached hydrogens (tertiary/aromatic N) is 4. The van der Waals surface area contributed by atoms with Crippen LogP contribution in [-0.4, -0.2) is 19.6 Å². The van der Waals surface area contributed by atoms with Crippen molar-refractivity contribution >= 4 is 11.6 Å². The standard InChI is InChI=1S/C11H12ClF3N4/c1-3-7-10(12)8(18(2)16-7)6-19-5-4-9(17-19)11(13,14)15/h4-5H,3,6H2,1-2H3. The fraction of sp³-hybridized carbons (Fsp3) is 0.455. The third-order valence-electron chi connectivity index (χ3n) is 2.75. The molecule has 2 rings (SSSR count). The van der Waals surface area contributed by atoms with Crippen LogP contribution in [0, 0.1) is 0 Å². The van der Waals surface area contributed by atoms with E-state index in [2.05, 4.69) is 10.2 Å². The summed E-state index contributed by atoms with van der Waals surface area (Å²) in [6.07, 6.45) is -2.49. The first-order chi connectivity index (χ1) is 8.82. The van der Waals surface area contributed by atoms with E-state index >= 15 is 0 Å². The molecule has 0 aromatic carbocycles. The van der Waals surface area contributed by atoms with Crippen molar-refractivity contribution < 1.29 is 13.2 Å². The summed E-state index contributed by atoms with van der Waals surface area (Å²) < 4.78 is 40.1. The summed E-state index contributed by atoms with van der Waals surface area (Å²) >= 11 is 6.13. The van der Waals surface area contributed by atoms with Gasteiger partial charge in [-0.05, 0) is 12.5 Å². The fourth-order valence-corrected chi connectivity index (χ4v) is 2.10. The Morgan fingerprint density at radius 2 is 2.00 bits per heavy atom. The van der Waals surface area contributed by atoms with E-state index in [1.807, 2.05) is 6.92 Å². The van der Waals surface area contributed by atoms with Crippen molar-refractivity contribution in [1.82, 2.24) is 19.6 Å². The van der Waals surface area contributed by atoms with Crippen molar-refractivity contribution in [3.63, 3.8) is 0 Å². The van der Waals surface area contributed by atoms with Gasteiger partial charge in [-0.25, -0.2) is 0 Å². The second-order valence-electron chi connectivity index (χ2n) is 4.08. The van der Waals surface area contributed by atoms with Crippen LogP contribution in [0.3, 0.4) is 0 Å². The van der Waals surface area contributed by atoms with Gasteiger partial charge in [-0.1, -0.05) is 18.5 Å². The van der Waals surface area contributed by atoms with Crippen LogP contribution in [0.15, 0.2) is 12.3 Å². The first-order valence-electron chi connectivity index (χ1n) is 5.63. The van der Waals surface area contributed by atoms with Crippen LogP contribution < -0.4 is 0 Å². The molecule has 4 nitrogen and oxygen atoms in total. The van der Waals surface area contributed by atoms with Crippen LogP contribution in [0.1, 0.15) is 24.0 Å². The Morgan fingerprint density at radius 1 is 1.32 bits per heavy atom. The lowest BCUT2D eigenvalue weighted by atomic mass is 10.3. The normalized spacial score (nSPS) is 12.1. The second kappa shape index (κ2) is 4.88. The average molecular weight is 293 g/mol. The Bertz CT molecular complexity index is 585. The molecule has 0 radical (unpaired) electrons. The Morgan fingerprint density at radius 3 is 2.47 bits per heavy atom. The minimum Gasteiger partial charge on any atom is -0.269 e. The molecule has 0 aliphatic heterocycles. The van der Waals surface area contributed by atoms with E-state index in [-0.39, 0.29) is 6.54 Å². The molecule has 0 aliphatic rings. The molecular formula is C11H12ClF3N4. The lowest BCUT2D eigenvalue weighted by molar-refractivity contribution is -0.141. The van der Waals surface area contributed by atoms with E-state index in [9.17, 15) is 13.2 Å². The molecule has 0 N–H and O–H groups in total. The Hall–Kier alpha value is -1.50. The number of alkyl halides is 3. The zero-order valence-electron chi connectivity index (χ0n) is 10.4. The first-order valence-corrected chi connectivity index (χ1v) is 6.01. The molecule has 104 valence electrons. The van der Waals surface area contributed by atoms with Gasteiger partial charge in [0.05, 0.1) is 23.0 Å². The number of aryl methyl sites for hydroxylation is 2.